The highest BCUT2D eigenvalue weighted by atomic mass is 19.4. The summed E-state index contributed by atoms with van der Waals surface area (Å²) < 4.78 is 43.8. The van der Waals surface area contributed by atoms with E-state index in [0.717, 1.165) is 12.1 Å². The van der Waals surface area contributed by atoms with Gasteiger partial charge in [0.25, 0.3) is 11.8 Å². The number of nitrogens with zero attached hydrogens (tertiary/aromatic N) is 2. The molecule has 5 rings (SSSR count). The number of anilines is 1. The molecule has 0 saturated carbocycles. The van der Waals surface area contributed by atoms with Gasteiger partial charge in [0.2, 0.25) is 0 Å². The summed E-state index contributed by atoms with van der Waals surface area (Å²) in [5.41, 5.74) is 1.24. The molecule has 5 aromatic rings. The molecule has 2 heterocycles. The van der Waals surface area contributed by atoms with Gasteiger partial charge in [0.15, 0.2) is 6.04 Å². The highest BCUT2D eigenvalue weighted by Gasteiger charge is 2.30. The third-order valence-electron chi connectivity index (χ3n) is 6.58. The maximum absolute atomic E-state index is 13.2. The third kappa shape index (κ3) is 6.51. The molecular weight excluding hydrogens is 561 g/mol. The first-order valence-corrected chi connectivity index (χ1v) is 12.9. The number of hydrogen-bond donors (Lipinski definition) is 2. The van der Waals surface area contributed by atoms with Crippen molar-refractivity contribution < 1.29 is 32.3 Å². The zero-order valence-corrected chi connectivity index (χ0v) is 22.6. The number of carbonyl (C=O) groups is 3. The van der Waals surface area contributed by atoms with Gasteiger partial charge in [-0.25, -0.2) is 9.78 Å². The molecule has 0 fully saturated rings. The largest absolute Gasteiger partial charge is 0.467 e. The lowest BCUT2D eigenvalue weighted by Gasteiger charge is -2.17. The minimum atomic E-state index is -4.48. The Labute approximate surface area is 243 Å². The standard InChI is InChI=1S/C32H23F3N4O4/c1-43-31(42)28(19-6-3-2-4-7-19)39-29(40)22-11-15-25-21(18-22)12-16-26(37-25)38-30(41)24-8-5-17-36-27(24)20-9-13-23(14-10-20)32(33,34)35/h2-18,28H,1H3,(H,39,40)(H,37,38,41)/t28-/m0/s1. The Kier molecular flexibility index (Phi) is 8.15. The van der Waals surface area contributed by atoms with Crippen LogP contribution in [0.15, 0.2) is 103 Å². The number of halogens is 3. The molecule has 0 radical (unpaired) electrons. The molecule has 2 N–H and O–H groups in total. The fraction of sp³-hybridized carbons (Fsp3) is 0.0938. The Balaban J connectivity index is 1.34. The van der Waals surface area contributed by atoms with E-state index in [0.29, 0.717) is 22.0 Å². The van der Waals surface area contributed by atoms with E-state index < -0.39 is 35.6 Å². The van der Waals surface area contributed by atoms with Gasteiger partial charge >= 0.3 is 12.1 Å². The van der Waals surface area contributed by atoms with Crippen LogP contribution in [0, 0.1) is 0 Å². The zero-order chi connectivity index (χ0) is 30.6. The van der Waals surface area contributed by atoms with Gasteiger partial charge < -0.3 is 15.4 Å². The Hall–Kier alpha value is -5.58. The molecule has 0 unspecified atom stereocenters. The zero-order valence-electron chi connectivity index (χ0n) is 22.6. The van der Waals surface area contributed by atoms with Crippen LogP contribution < -0.4 is 10.6 Å². The highest BCUT2D eigenvalue weighted by molar-refractivity contribution is 6.08. The van der Waals surface area contributed by atoms with Gasteiger partial charge in [0, 0.05) is 22.7 Å². The number of ether oxygens (including phenoxy) is 1. The number of pyridine rings is 2. The van der Waals surface area contributed by atoms with Crippen molar-refractivity contribution in [2.24, 2.45) is 0 Å². The average molecular weight is 585 g/mol. The molecule has 0 bridgehead atoms. The summed E-state index contributed by atoms with van der Waals surface area (Å²) in [6.45, 7) is 0. The van der Waals surface area contributed by atoms with Crippen LogP contribution in [0.25, 0.3) is 22.2 Å². The molecule has 8 nitrogen and oxygen atoms in total. The Morgan fingerprint density at radius 3 is 2.28 bits per heavy atom. The first kappa shape index (κ1) is 28.9. The van der Waals surface area contributed by atoms with Crippen molar-refractivity contribution in [2.45, 2.75) is 12.2 Å². The molecule has 0 saturated heterocycles. The predicted molar refractivity (Wildman–Crippen MR) is 153 cm³/mol. The Morgan fingerprint density at radius 1 is 0.837 bits per heavy atom. The number of aromatic nitrogens is 2. The molecule has 1 atom stereocenters. The summed E-state index contributed by atoms with van der Waals surface area (Å²) in [6, 6.07) is 23.1. The number of rotatable bonds is 7. The Morgan fingerprint density at radius 2 is 1.58 bits per heavy atom. The van der Waals surface area contributed by atoms with Crippen molar-refractivity contribution in [1.29, 1.82) is 0 Å². The second-order valence-corrected chi connectivity index (χ2v) is 9.37. The van der Waals surface area contributed by atoms with E-state index in [2.05, 4.69) is 20.6 Å². The number of hydrogen-bond acceptors (Lipinski definition) is 6. The first-order valence-electron chi connectivity index (χ1n) is 12.9. The van der Waals surface area contributed by atoms with Crippen molar-refractivity contribution in [3.05, 3.63) is 126 Å². The van der Waals surface area contributed by atoms with Gasteiger partial charge in [0.05, 0.1) is 29.4 Å². The SMILES string of the molecule is COC(=O)[C@@H](NC(=O)c1ccc2nc(NC(=O)c3cccnc3-c3ccc(C(F)(F)F)cc3)ccc2c1)c1ccccc1. The van der Waals surface area contributed by atoms with E-state index in [9.17, 15) is 27.6 Å². The fourth-order valence-electron chi connectivity index (χ4n) is 4.41. The highest BCUT2D eigenvalue weighted by Crippen LogP contribution is 2.31. The summed E-state index contributed by atoms with van der Waals surface area (Å²) in [7, 11) is 1.24. The monoisotopic (exact) mass is 584 g/mol. The van der Waals surface area contributed by atoms with Crippen LogP contribution in [0.1, 0.15) is 37.9 Å². The number of methoxy groups -OCH3 is 1. The minimum absolute atomic E-state index is 0.148. The number of fused-ring (bicyclic) bond motifs is 1. The van der Waals surface area contributed by atoms with E-state index in [-0.39, 0.29) is 22.6 Å². The molecule has 43 heavy (non-hydrogen) atoms. The quantitative estimate of drug-likeness (QED) is 0.220. The minimum Gasteiger partial charge on any atom is -0.467 e. The van der Waals surface area contributed by atoms with Gasteiger partial charge in [-0.3, -0.25) is 14.6 Å². The lowest BCUT2D eigenvalue weighted by atomic mass is 10.0. The normalized spacial score (nSPS) is 11.9. The summed E-state index contributed by atoms with van der Waals surface area (Å²) >= 11 is 0. The van der Waals surface area contributed by atoms with Crippen LogP contribution in [-0.4, -0.2) is 34.9 Å². The topological polar surface area (TPSA) is 110 Å². The van der Waals surface area contributed by atoms with Crippen molar-refractivity contribution in [3.63, 3.8) is 0 Å². The van der Waals surface area contributed by atoms with Crippen LogP contribution >= 0.6 is 0 Å². The number of benzene rings is 3. The summed E-state index contributed by atoms with van der Waals surface area (Å²) in [5.74, 6) is -1.45. The first-order chi connectivity index (χ1) is 20.6. The lowest BCUT2D eigenvalue weighted by molar-refractivity contribution is -0.143. The number of amides is 2. The fourth-order valence-corrected chi connectivity index (χ4v) is 4.41. The van der Waals surface area contributed by atoms with Crippen molar-refractivity contribution in [3.8, 4) is 11.3 Å². The van der Waals surface area contributed by atoms with Crippen LogP contribution in [0.5, 0.6) is 0 Å². The second kappa shape index (κ2) is 12.1. The molecule has 0 spiro atoms. The van der Waals surface area contributed by atoms with Crippen LogP contribution in [0.3, 0.4) is 0 Å². The van der Waals surface area contributed by atoms with Gasteiger partial charge in [-0.05, 0) is 60.2 Å². The van der Waals surface area contributed by atoms with Crippen molar-refractivity contribution in [1.82, 2.24) is 15.3 Å². The van der Waals surface area contributed by atoms with Crippen molar-refractivity contribution in [2.75, 3.05) is 12.4 Å². The van der Waals surface area contributed by atoms with E-state index in [1.807, 2.05) is 0 Å². The average Bonchev–Trinajstić information content (AvgIpc) is 3.03. The van der Waals surface area contributed by atoms with Gasteiger partial charge in [-0.15, -0.1) is 0 Å². The number of carbonyl (C=O) groups excluding carboxylic acids is 3. The molecule has 2 amide bonds. The third-order valence-corrected chi connectivity index (χ3v) is 6.58. The molecule has 0 aliphatic rings. The predicted octanol–water partition coefficient (Wildman–Crippen LogP) is 6.21. The second-order valence-electron chi connectivity index (χ2n) is 9.37. The van der Waals surface area contributed by atoms with Gasteiger partial charge in [-0.2, -0.15) is 13.2 Å². The van der Waals surface area contributed by atoms with Crippen LogP contribution in [-0.2, 0) is 15.7 Å². The smallest absolute Gasteiger partial charge is 0.416 e. The number of esters is 1. The van der Waals surface area contributed by atoms with Crippen molar-refractivity contribution >= 4 is 34.5 Å². The Bertz CT molecular complexity index is 1810. The molecule has 0 aliphatic heterocycles. The van der Waals surface area contributed by atoms with Crippen LogP contribution in [0.4, 0.5) is 19.0 Å². The molecule has 2 aromatic heterocycles. The molecule has 3 aromatic carbocycles. The lowest BCUT2D eigenvalue weighted by Crippen LogP contribution is -2.34. The summed E-state index contributed by atoms with van der Waals surface area (Å²) in [4.78, 5) is 47.2. The summed E-state index contributed by atoms with van der Waals surface area (Å²) in [5, 5.41) is 6.00. The maximum Gasteiger partial charge on any atom is 0.416 e. The number of nitrogens with one attached hydrogen (secondary N) is 2. The number of alkyl halides is 3. The van der Waals surface area contributed by atoms with Gasteiger partial charge in [0.1, 0.15) is 5.82 Å². The van der Waals surface area contributed by atoms with E-state index in [4.69, 9.17) is 4.74 Å². The summed E-state index contributed by atoms with van der Waals surface area (Å²) in [6.07, 6.45) is -3.04. The van der Waals surface area contributed by atoms with E-state index in [1.54, 1.807) is 66.7 Å². The van der Waals surface area contributed by atoms with E-state index >= 15 is 0 Å². The molecule has 216 valence electrons. The van der Waals surface area contributed by atoms with Gasteiger partial charge in [-0.1, -0.05) is 42.5 Å². The van der Waals surface area contributed by atoms with E-state index in [1.165, 1.54) is 31.5 Å². The maximum atomic E-state index is 13.2. The molecule has 11 heteroatoms. The molecule has 0 aliphatic carbocycles. The molecular formula is C32H23F3N4O4. The van der Waals surface area contributed by atoms with Crippen LogP contribution in [0.2, 0.25) is 0 Å².